The van der Waals surface area contributed by atoms with Gasteiger partial charge in [0.05, 0.1) is 4.83 Å². The predicted molar refractivity (Wildman–Crippen MR) is 82.9 cm³/mol. The van der Waals surface area contributed by atoms with E-state index in [-0.39, 0.29) is 4.83 Å². The monoisotopic (exact) mass is 322 g/mol. The van der Waals surface area contributed by atoms with Crippen molar-refractivity contribution >= 4 is 27.5 Å². The molecule has 0 aliphatic carbocycles. The summed E-state index contributed by atoms with van der Waals surface area (Å²) in [7, 11) is 0. The van der Waals surface area contributed by atoms with E-state index in [1.54, 1.807) is 0 Å². The van der Waals surface area contributed by atoms with Gasteiger partial charge in [-0.25, -0.2) is 0 Å². The molecule has 2 aromatic carbocycles. The zero-order chi connectivity index (χ0) is 13.3. The summed E-state index contributed by atoms with van der Waals surface area (Å²) in [4.78, 5) is 0.143. The molecule has 0 aliphatic rings. The van der Waals surface area contributed by atoms with Crippen molar-refractivity contribution < 1.29 is 0 Å². The van der Waals surface area contributed by atoms with E-state index in [1.165, 1.54) is 22.3 Å². The first-order valence-electron chi connectivity index (χ1n) is 5.96. The van der Waals surface area contributed by atoms with Crippen LogP contribution in [0, 0.1) is 20.8 Å². The lowest BCUT2D eigenvalue weighted by Gasteiger charge is -2.14. The molecule has 0 radical (unpaired) electrons. The Morgan fingerprint density at radius 2 is 1.67 bits per heavy atom. The van der Waals surface area contributed by atoms with Gasteiger partial charge in [0.1, 0.15) is 0 Å². The van der Waals surface area contributed by atoms with E-state index in [4.69, 9.17) is 11.6 Å². The van der Waals surface area contributed by atoms with E-state index in [1.807, 2.05) is 6.07 Å². The highest BCUT2D eigenvalue weighted by Crippen LogP contribution is 2.36. The van der Waals surface area contributed by atoms with Crippen LogP contribution < -0.4 is 0 Å². The summed E-state index contributed by atoms with van der Waals surface area (Å²) in [5.41, 5.74) is 6.16. The van der Waals surface area contributed by atoms with Crippen LogP contribution in [-0.4, -0.2) is 0 Å². The second kappa shape index (κ2) is 5.46. The molecule has 0 saturated heterocycles. The first-order valence-corrected chi connectivity index (χ1v) is 7.25. The fraction of sp³-hybridized carbons (Fsp3) is 0.250. The first-order chi connectivity index (χ1) is 8.49. The Labute approximate surface area is 122 Å². The number of aryl methyl sites for hydroxylation is 3. The van der Waals surface area contributed by atoms with Gasteiger partial charge in [-0.15, -0.1) is 0 Å². The Kier molecular flexibility index (Phi) is 4.14. The van der Waals surface area contributed by atoms with Crippen molar-refractivity contribution in [2.24, 2.45) is 0 Å². The molecule has 0 saturated carbocycles. The Morgan fingerprint density at radius 1 is 0.944 bits per heavy atom. The maximum Gasteiger partial charge on any atom is 0.0659 e. The summed E-state index contributed by atoms with van der Waals surface area (Å²) in [5, 5.41) is 0.815. The topological polar surface area (TPSA) is 0 Å². The molecule has 0 aliphatic heterocycles. The van der Waals surface area contributed by atoms with Gasteiger partial charge in [-0.1, -0.05) is 57.9 Å². The van der Waals surface area contributed by atoms with Gasteiger partial charge in [0.15, 0.2) is 0 Å². The Hall–Kier alpha value is -0.790. The minimum atomic E-state index is 0.143. The van der Waals surface area contributed by atoms with Crippen molar-refractivity contribution in [3.8, 4) is 0 Å². The van der Waals surface area contributed by atoms with Gasteiger partial charge in [-0.3, -0.25) is 0 Å². The molecule has 0 N–H and O–H groups in total. The van der Waals surface area contributed by atoms with Crippen molar-refractivity contribution in [1.29, 1.82) is 0 Å². The molecular weight excluding hydrogens is 308 g/mol. The van der Waals surface area contributed by atoms with Gasteiger partial charge in [-0.05, 0) is 54.7 Å². The summed E-state index contributed by atoms with van der Waals surface area (Å²) < 4.78 is 0. The van der Waals surface area contributed by atoms with Crippen LogP contribution in [0.1, 0.15) is 32.6 Å². The van der Waals surface area contributed by atoms with Crippen LogP contribution in [0.2, 0.25) is 5.02 Å². The molecule has 94 valence electrons. The van der Waals surface area contributed by atoms with E-state index in [2.05, 4.69) is 67.0 Å². The molecular formula is C16H16BrCl. The molecule has 0 nitrogen and oxygen atoms in total. The average Bonchev–Trinajstić information content (AvgIpc) is 2.32. The molecule has 1 atom stereocenters. The molecule has 1 unspecified atom stereocenters. The van der Waals surface area contributed by atoms with Crippen LogP contribution in [0.5, 0.6) is 0 Å². The van der Waals surface area contributed by atoms with Crippen LogP contribution in [0.3, 0.4) is 0 Å². The third-order valence-electron chi connectivity index (χ3n) is 3.25. The van der Waals surface area contributed by atoms with Crippen molar-refractivity contribution in [1.82, 2.24) is 0 Å². The molecule has 2 rings (SSSR count). The number of hydrogen-bond donors (Lipinski definition) is 0. The second-order valence-electron chi connectivity index (χ2n) is 4.73. The Balaban J connectivity index is 2.41. The molecule has 0 fully saturated rings. The molecule has 0 amide bonds. The van der Waals surface area contributed by atoms with Crippen molar-refractivity contribution in [3.05, 3.63) is 69.2 Å². The van der Waals surface area contributed by atoms with E-state index < -0.39 is 0 Å². The number of hydrogen-bond acceptors (Lipinski definition) is 0. The number of benzene rings is 2. The molecule has 0 heterocycles. The van der Waals surface area contributed by atoms with E-state index in [0.29, 0.717) is 0 Å². The first kappa shape index (κ1) is 13.6. The molecule has 0 bridgehead atoms. The quantitative estimate of drug-likeness (QED) is 0.617. The smallest absolute Gasteiger partial charge is 0.0659 e. The van der Waals surface area contributed by atoms with Crippen LogP contribution >= 0.6 is 27.5 Å². The normalized spacial score (nSPS) is 12.5. The highest BCUT2D eigenvalue weighted by molar-refractivity contribution is 9.09. The molecule has 2 aromatic rings. The largest absolute Gasteiger partial charge is 0.0840 e. The van der Waals surface area contributed by atoms with Crippen molar-refractivity contribution in [2.45, 2.75) is 25.6 Å². The number of rotatable bonds is 2. The maximum atomic E-state index is 6.32. The highest BCUT2D eigenvalue weighted by atomic mass is 79.9. The Morgan fingerprint density at radius 3 is 2.28 bits per heavy atom. The molecule has 2 heteroatoms. The van der Waals surface area contributed by atoms with E-state index in [9.17, 15) is 0 Å². The van der Waals surface area contributed by atoms with Gasteiger partial charge in [0, 0.05) is 5.02 Å². The number of alkyl halides is 1. The lowest BCUT2D eigenvalue weighted by atomic mass is 10.00. The summed E-state index contributed by atoms with van der Waals surface area (Å²) in [6.07, 6.45) is 0. The van der Waals surface area contributed by atoms with Crippen LogP contribution in [-0.2, 0) is 0 Å². The van der Waals surface area contributed by atoms with Gasteiger partial charge in [0.2, 0.25) is 0 Å². The molecule has 18 heavy (non-hydrogen) atoms. The van der Waals surface area contributed by atoms with E-state index in [0.717, 1.165) is 10.6 Å². The van der Waals surface area contributed by atoms with Gasteiger partial charge < -0.3 is 0 Å². The average molecular weight is 324 g/mol. The summed E-state index contributed by atoms with van der Waals surface area (Å²) in [5.74, 6) is 0. The molecule has 0 aromatic heterocycles. The second-order valence-corrected chi connectivity index (χ2v) is 6.05. The third kappa shape index (κ3) is 2.78. The summed E-state index contributed by atoms with van der Waals surface area (Å²) >= 11 is 10.1. The number of halogens is 2. The van der Waals surface area contributed by atoms with Gasteiger partial charge in [0.25, 0.3) is 0 Å². The Bertz CT molecular complexity index is 575. The van der Waals surface area contributed by atoms with Crippen molar-refractivity contribution in [2.75, 3.05) is 0 Å². The van der Waals surface area contributed by atoms with Crippen LogP contribution in [0.15, 0.2) is 36.4 Å². The standard InChI is InChI=1S/C16H16BrCl/c1-10-4-7-14(15(18)8-10)16(17)13-6-5-11(2)12(3)9-13/h4-9,16H,1-3H3. The SMILES string of the molecule is Cc1ccc(C(Br)c2ccc(C)c(C)c2)c(Cl)c1. The molecule has 0 spiro atoms. The fourth-order valence-corrected chi connectivity index (χ4v) is 3.10. The third-order valence-corrected chi connectivity index (χ3v) is 4.60. The zero-order valence-corrected chi connectivity index (χ0v) is 13.1. The van der Waals surface area contributed by atoms with Crippen LogP contribution in [0.4, 0.5) is 0 Å². The maximum absolute atomic E-state index is 6.32. The summed E-state index contributed by atoms with van der Waals surface area (Å²) in [6, 6.07) is 12.7. The minimum absolute atomic E-state index is 0.143. The lowest BCUT2D eigenvalue weighted by molar-refractivity contribution is 1.15. The minimum Gasteiger partial charge on any atom is -0.0840 e. The zero-order valence-electron chi connectivity index (χ0n) is 10.8. The highest BCUT2D eigenvalue weighted by Gasteiger charge is 2.14. The summed E-state index contributed by atoms with van der Waals surface area (Å²) in [6.45, 7) is 6.31. The van der Waals surface area contributed by atoms with Gasteiger partial charge in [-0.2, -0.15) is 0 Å². The van der Waals surface area contributed by atoms with Gasteiger partial charge >= 0.3 is 0 Å². The predicted octanol–water partition coefficient (Wildman–Crippen LogP) is 5.75. The lowest BCUT2D eigenvalue weighted by Crippen LogP contribution is -1.95. The fourth-order valence-electron chi connectivity index (χ4n) is 1.94. The van der Waals surface area contributed by atoms with Crippen molar-refractivity contribution in [3.63, 3.8) is 0 Å². The van der Waals surface area contributed by atoms with Crippen LogP contribution in [0.25, 0.3) is 0 Å². The van der Waals surface area contributed by atoms with E-state index >= 15 is 0 Å².